The highest BCUT2D eigenvalue weighted by Crippen LogP contribution is 2.40. The van der Waals surface area contributed by atoms with Crippen molar-refractivity contribution < 1.29 is 0 Å². The van der Waals surface area contributed by atoms with Gasteiger partial charge in [-0.25, -0.2) is 0 Å². The topological polar surface area (TPSA) is 27.8 Å². The largest absolute Gasteiger partial charge is 0.357 e. The summed E-state index contributed by atoms with van der Waals surface area (Å²) in [5, 5.41) is 5.01. The van der Waals surface area contributed by atoms with Crippen LogP contribution in [0.2, 0.25) is 0 Å². The number of fused-ring (bicyclic) bond motifs is 3. The second-order valence-electron chi connectivity index (χ2n) is 7.91. The standard InChI is InChI=1S/C18H26N2/c1-11-16-15(18(5,6)10-19-11)13-9-12(17(2,3)4)7-8-14(13)20-16/h7-9,11,19-20H,10H2,1-6H3. The first kappa shape index (κ1) is 13.7. The summed E-state index contributed by atoms with van der Waals surface area (Å²) >= 11 is 0. The summed E-state index contributed by atoms with van der Waals surface area (Å²) in [4.78, 5) is 3.64. The van der Waals surface area contributed by atoms with Crippen LogP contribution >= 0.6 is 0 Å². The first-order chi connectivity index (χ1) is 9.20. The molecule has 1 aliphatic heterocycles. The Morgan fingerprint density at radius 2 is 1.90 bits per heavy atom. The summed E-state index contributed by atoms with van der Waals surface area (Å²) in [6.07, 6.45) is 0. The van der Waals surface area contributed by atoms with Crippen LogP contribution in [0, 0.1) is 0 Å². The van der Waals surface area contributed by atoms with Crippen molar-refractivity contribution in [3.05, 3.63) is 35.0 Å². The molecular formula is C18H26N2. The quantitative estimate of drug-likeness (QED) is 0.729. The number of aromatic amines is 1. The van der Waals surface area contributed by atoms with E-state index >= 15 is 0 Å². The molecule has 2 N–H and O–H groups in total. The van der Waals surface area contributed by atoms with Gasteiger partial charge in [0.1, 0.15) is 0 Å². The van der Waals surface area contributed by atoms with Gasteiger partial charge in [-0.1, -0.05) is 40.7 Å². The molecule has 1 unspecified atom stereocenters. The van der Waals surface area contributed by atoms with Gasteiger partial charge < -0.3 is 10.3 Å². The normalized spacial score (nSPS) is 22.0. The van der Waals surface area contributed by atoms with Gasteiger partial charge >= 0.3 is 0 Å². The lowest BCUT2D eigenvalue weighted by atomic mass is 9.77. The Balaban J connectivity index is 2.30. The minimum absolute atomic E-state index is 0.177. The molecule has 2 aromatic rings. The summed E-state index contributed by atoms with van der Waals surface area (Å²) in [7, 11) is 0. The SMILES string of the molecule is CC1NCC(C)(C)c2c1[nH]c1ccc(C(C)(C)C)cc21. The number of hydrogen-bond acceptors (Lipinski definition) is 1. The number of hydrogen-bond donors (Lipinski definition) is 2. The molecule has 0 saturated heterocycles. The third-order valence-electron chi connectivity index (χ3n) is 4.65. The molecule has 2 heterocycles. The van der Waals surface area contributed by atoms with E-state index < -0.39 is 0 Å². The molecule has 20 heavy (non-hydrogen) atoms. The van der Waals surface area contributed by atoms with Gasteiger partial charge in [-0.15, -0.1) is 0 Å². The second-order valence-corrected chi connectivity index (χ2v) is 7.91. The van der Waals surface area contributed by atoms with Crippen LogP contribution in [0.1, 0.15) is 64.4 Å². The average molecular weight is 270 g/mol. The third-order valence-corrected chi connectivity index (χ3v) is 4.65. The lowest BCUT2D eigenvalue weighted by Gasteiger charge is -2.34. The minimum Gasteiger partial charge on any atom is -0.357 e. The Labute approximate surface area is 122 Å². The number of nitrogens with one attached hydrogen (secondary N) is 2. The highest BCUT2D eigenvalue weighted by molar-refractivity contribution is 5.87. The molecule has 0 spiro atoms. The van der Waals surface area contributed by atoms with E-state index in [0.29, 0.717) is 6.04 Å². The maximum atomic E-state index is 3.64. The van der Waals surface area contributed by atoms with Gasteiger partial charge in [0.25, 0.3) is 0 Å². The molecule has 2 heteroatoms. The van der Waals surface area contributed by atoms with E-state index in [0.717, 1.165) is 6.54 Å². The number of rotatable bonds is 0. The van der Waals surface area contributed by atoms with Gasteiger partial charge in [-0.3, -0.25) is 0 Å². The molecular weight excluding hydrogens is 244 g/mol. The fraction of sp³-hybridized carbons (Fsp3) is 0.556. The van der Waals surface area contributed by atoms with Gasteiger partial charge in [0.05, 0.1) is 0 Å². The molecule has 1 aromatic heterocycles. The monoisotopic (exact) mass is 270 g/mol. The maximum Gasteiger partial charge on any atom is 0.0459 e. The zero-order valence-corrected chi connectivity index (χ0v) is 13.5. The van der Waals surface area contributed by atoms with Crippen molar-refractivity contribution in [3.8, 4) is 0 Å². The predicted octanol–water partition coefficient (Wildman–Crippen LogP) is 4.41. The van der Waals surface area contributed by atoms with E-state index in [1.54, 1.807) is 0 Å². The van der Waals surface area contributed by atoms with Gasteiger partial charge in [0.2, 0.25) is 0 Å². The van der Waals surface area contributed by atoms with Crippen LogP contribution in [-0.4, -0.2) is 11.5 Å². The molecule has 0 amide bonds. The Kier molecular flexibility index (Phi) is 2.81. The van der Waals surface area contributed by atoms with Crippen molar-refractivity contribution in [1.29, 1.82) is 0 Å². The Bertz CT molecular complexity index is 656. The second kappa shape index (κ2) is 4.11. The van der Waals surface area contributed by atoms with Crippen molar-refractivity contribution >= 4 is 10.9 Å². The molecule has 1 aromatic carbocycles. The summed E-state index contributed by atoms with van der Waals surface area (Å²) in [5.41, 5.74) is 5.92. The first-order valence-corrected chi connectivity index (χ1v) is 7.60. The summed E-state index contributed by atoms with van der Waals surface area (Å²) < 4.78 is 0. The molecule has 1 atom stereocenters. The predicted molar refractivity (Wildman–Crippen MR) is 86.4 cm³/mol. The van der Waals surface area contributed by atoms with Gasteiger partial charge in [0, 0.05) is 34.6 Å². The molecule has 2 nitrogen and oxygen atoms in total. The zero-order chi connectivity index (χ0) is 14.7. The summed E-state index contributed by atoms with van der Waals surface area (Å²) in [6.45, 7) is 14.8. The molecule has 3 rings (SSSR count). The number of H-pyrrole nitrogens is 1. The van der Waals surface area contributed by atoms with E-state index in [2.05, 4.69) is 70.0 Å². The Morgan fingerprint density at radius 1 is 1.20 bits per heavy atom. The highest BCUT2D eigenvalue weighted by atomic mass is 15.0. The molecule has 1 aliphatic rings. The van der Waals surface area contributed by atoms with Crippen molar-refractivity contribution in [2.45, 2.75) is 58.4 Å². The van der Waals surface area contributed by atoms with Crippen LogP contribution in [0.4, 0.5) is 0 Å². The molecule has 0 aliphatic carbocycles. The number of aromatic nitrogens is 1. The van der Waals surface area contributed by atoms with Crippen LogP contribution in [0.3, 0.4) is 0 Å². The average Bonchev–Trinajstić information content (AvgIpc) is 2.73. The number of benzene rings is 1. The first-order valence-electron chi connectivity index (χ1n) is 7.60. The molecule has 0 saturated carbocycles. The van der Waals surface area contributed by atoms with Crippen molar-refractivity contribution in [2.24, 2.45) is 0 Å². The summed E-state index contributed by atoms with van der Waals surface area (Å²) in [5.74, 6) is 0. The van der Waals surface area contributed by atoms with E-state index in [4.69, 9.17) is 0 Å². The van der Waals surface area contributed by atoms with Crippen molar-refractivity contribution in [3.63, 3.8) is 0 Å². The van der Waals surface area contributed by atoms with Crippen LogP contribution in [0.25, 0.3) is 10.9 Å². The van der Waals surface area contributed by atoms with E-state index in [1.807, 2.05) is 0 Å². The highest BCUT2D eigenvalue weighted by Gasteiger charge is 2.34. The zero-order valence-electron chi connectivity index (χ0n) is 13.5. The van der Waals surface area contributed by atoms with Gasteiger partial charge in [-0.2, -0.15) is 0 Å². The fourth-order valence-electron chi connectivity index (χ4n) is 3.33. The van der Waals surface area contributed by atoms with Crippen LogP contribution in [0.15, 0.2) is 18.2 Å². The molecule has 0 bridgehead atoms. The maximum absolute atomic E-state index is 3.64. The molecule has 0 fully saturated rings. The minimum atomic E-state index is 0.177. The smallest absolute Gasteiger partial charge is 0.0459 e. The van der Waals surface area contributed by atoms with E-state index in [1.165, 1.54) is 27.7 Å². The molecule has 108 valence electrons. The summed E-state index contributed by atoms with van der Waals surface area (Å²) in [6, 6.07) is 7.31. The van der Waals surface area contributed by atoms with Crippen LogP contribution in [-0.2, 0) is 10.8 Å². The van der Waals surface area contributed by atoms with Crippen molar-refractivity contribution in [1.82, 2.24) is 10.3 Å². The Morgan fingerprint density at radius 3 is 2.55 bits per heavy atom. The lowest BCUT2D eigenvalue weighted by Crippen LogP contribution is -2.40. The van der Waals surface area contributed by atoms with Crippen LogP contribution in [0.5, 0.6) is 0 Å². The van der Waals surface area contributed by atoms with Crippen LogP contribution < -0.4 is 5.32 Å². The van der Waals surface area contributed by atoms with E-state index in [9.17, 15) is 0 Å². The van der Waals surface area contributed by atoms with Crippen molar-refractivity contribution in [2.75, 3.05) is 6.54 Å². The van der Waals surface area contributed by atoms with Gasteiger partial charge in [0.15, 0.2) is 0 Å². The Hall–Kier alpha value is -1.28. The lowest BCUT2D eigenvalue weighted by molar-refractivity contribution is 0.394. The molecule has 0 radical (unpaired) electrons. The van der Waals surface area contributed by atoms with E-state index in [-0.39, 0.29) is 10.8 Å². The van der Waals surface area contributed by atoms with Gasteiger partial charge in [-0.05, 0) is 35.6 Å². The fourth-order valence-corrected chi connectivity index (χ4v) is 3.33. The third kappa shape index (κ3) is 1.98.